The molecule has 1 aromatic heterocycles. The van der Waals surface area contributed by atoms with Crippen LogP contribution in [0.4, 0.5) is 5.69 Å². The number of benzene rings is 1. The molecule has 1 fully saturated rings. The predicted molar refractivity (Wildman–Crippen MR) is 110 cm³/mol. The Bertz CT molecular complexity index is 761. The molecule has 7 nitrogen and oxygen atoms in total. The highest BCUT2D eigenvalue weighted by Gasteiger charge is 2.33. The van der Waals surface area contributed by atoms with Crippen molar-refractivity contribution in [1.29, 1.82) is 0 Å². The van der Waals surface area contributed by atoms with Gasteiger partial charge >= 0.3 is 0 Å². The maximum absolute atomic E-state index is 12.5. The third-order valence-corrected chi connectivity index (χ3v) is 5.80. The molecule has 150 valence electrons. The van der Waals surface area contributed by atoms with Crippen LogP contribution in [0.15, 0.2) is 47.8 Å². The Morgan fingerprint density at radius 1 is 1.11 bits per heavy atom. The molecule has 2 heterocycles. The monoisotopic (exact) mass is 402 g/mol. The molecular weight excluding hydrogens is 376 g/mol. The molecule has 8 heteroatoms. The number of hydrogen-bond acceptors (Lipinski definition) is 6. The van der Waals surface area contributed by atoms with Gasteiger partial charge in [0, 0.05) is 43.3 Å². The van der Waals surface area contributed by atoms with Crippen LogP contribution in [0.3, 0.4) is 0 Å². The summed E-state index contributed by atoms with van der Waals surface area (Å²) < 4.78 is 0. The molecule has 0 bridgehead atoms. The molecule has 28 heavy (non-hydrogen) atoms. The Kier molecular flexibility index (Phi) is 7.02. The SMILES string of the molecule is N[C@@H](C(=O)NCCc1cccs1)[C@@H](O)C(=O)N1CCN(c2ccccc2)CC1. The molecule has 3 rings (SSSR count). The van der Waals surface area contributed by atoms with E-state index < -0.39 is 24.0 Å². The van der Waals surface area contributed by atoms with E-state index in [0.717, 1.165) is 10.6 Å². The molecule has 2 aromatic rings. The average Bonchev–Trinajstić information content (AvgIpc) is 3.26. The smallest absolute Gasteiger partial charge is 0.253 e. The van der Waals surface area contributed by atoms with Gasteiger partial charge in [0.25, 0.3) is 5.91 Å². The summed E-state index contributed by atoms with van der Waals surface area (Å²) in [4.78, 5) is 29.6. The van der Waals surface area contributed by atoms with Crippen LogP contribution >= 0.6 is 11.3 Å². The highest BCUT2D eigenvalue weighted by atomic mass is 32.1. The van der Waals surface area contributed by atoms with Crippen LogP contribution in [-0.4, -0.2) is 66.7 Å². The lowest BCUT2D eigenvalue weighted by Gasteiger charge is -2.37. The predicted octanol–water partition coefficient (Wildman–Crippen LogP) is 0.444. The molecule has 0 radical (unpaired) electrons. The standard InChI is InChI=1S/C20H26N4O3S/c21-17(19(26)22-9-8-16-7-4-14-28-16)18(25)20(27)24-12-10-23(11-13-24)15-5-2-1-3-6-15/h1-7,14,17-18,25H,8-13,21H2,(H,22,26)/t17-,18-/m1/s1. The van der Waals surface area contributed by atoms with Crippen LogP contribution in [0.1, 0.15) is 4.88 Å². The summed E-state index contributed by atoms with van der Waals surface area (Å²) in [5, 5.41) is 15.0. The second-order valence-electron chi connectivity index (χ2n) is 6.74. The van der Waals surface area contributed by atoms with Crippen LogP contribution < -0.4 is 16.0 Å². The molecule has 2 atom stereocenters. The Labute approximate surface area is 168 Å². The number of para-hydroxylation sites is 1. The van der Waals surface area contributed by atoms with Crippen LogP contribution in [0.25, 0.3) is 0 Å². The summed E-state index contributed by atoms with van der Waals surface area (Å²) in [5.41, 5.74) is 6.94. The highest BCUT2D eigenvalue weighted by Crippen LogP contribution is 2.16. The van der Waals surface area contributed by atoms with Crippen molar-refractivity contribution in [3.8, 4) is 0 Å². The third-order valence-electron chi connectivity index (χ3n) is 4.86. The number of aliphatic hydroxyl groups excluding tert-OH is 1. The molecule has 2 amide bonds. The fraction of sp³-hybridized carbons (Fsp3) is 0.400. The molecule has 1 saturated heterocycles. The summed E-state index contributed by atoms with van der Waals surface area (Å²) >= 11 is 1.61. The van der Waals surface area contributed by atoms with Crippen molar-refractivity contribution in [1.82, 2.24) is 10.2 Å². The summed E-state index contributed by atoms with van der Waals surface area (Å²) in [7, 11) is 0. The first-order chi connectivity index (χ1) is 13.6. The molecule has 0 unspecified atom stereocenters. The Morgan fingerprint density at radius 2 is 1.82 bits per heavy atom. The van der Waals surface area contributed by atoms with Crippen molar-refractivity contribution in [2.24, 2.45) is 5.73 Å². The second-order valence-corrected chi connectivity index (χ2v) is 7.77. The van der Waals surface area contributed by atoms with Gasteiger partial charge in [-0.1, -0.05) is 24.3 Å². The van der Waals surface area contributed by atoms with Crippen molar-refractivity contribution >= 4 is 28.8 Å². The van der Waals surface area contributed by atoms with E-state index in [1.807, 2.05) is 47.8 Å². The summed E-state index contributed by atoms with van der Waals surface area (Å²) in [6.07, 6.45) is -0.841. The number of hydrogen-bond donors (Lipinski definition) is 3. The maximum atomic E-state index is 12.5. The number of carbonyl (C=O) groups excluding carboxylic acids is 2. The molecule has 0 saturated carbocycles. The number of thiophene rings is 1. The Balaban J connectivity index is 1.45. The molecule has 1 aliphatic rings. The Hall–Kier alpha value is -2.42. The van der Waals surface area contributed by atoms with Crippen LogP contribution in [0, 0.1) is 0 Å². The summed E-state index contributed by atoms with van der Waals surface area (Å²) in [5.74, 6) is -1.01. The number of nitrogens with two attached hydrogens (primary N) is 1. The van der Waals surface area contributed by atoms with Gasteiger partial charge in [-0.05, 0) is 30.0 Å². The minimum absolute atomic E-state index is 0.420. The average molecular weight is 403 g/mol. The highest BCUT2D eigenvalue weighted by molar-refractivity contribution is 7.09. The van der Waals surface area contributed by atoms with Crippen molar-refractivity contribution in [2.45, 2.75) is 18.6 Å². The van der Waals surface area contributed by atoms with Gasteiger partial charge in [-0.15, -0.1) is 11.3 Å². The van der Waals surface area contributed by atoms with Gasteiger partial charge in [-0.3, -0.25) is 9.59 Å². The third kappa shape index (κ3) is 5.09. The van der Waals surface area contributed by atoms with E-state index >= 15 is 0 Å². The minimum Gasteiger partial charge on any atom is -0.381 e. The van der Waals surface area contributed by atoms with Gasteiger partial charge in [0.2, 0.25) is 5.91 Å². The van der Waals surface area contributed by atoms with Crippen LogP contribution in [-0.2, 0) is 16.0 Å². The number of piperazine rings is 1. The lowest BCUT2D eigenvalue weighted by molar-refractivity contribution is -0.144. The number of anilines is 1. The molecular formula is C20H26N4O3S. The van der Waals surface area contributed by atoms with Gasteiger partial charge in [0.15, 0.2) is 6.10 Å². The zero-order chi connectivity index (χ0) is 19.9. The zero-order valence-electron chi connectivity index (χ0n) is 15.7. The number of rotatable bonds is 7. The first-order valence-electron chi connectivity index (χ1n) is 9.39. The minimum atomic E-state index is -1.54. The molecule has 0 aliphatic carbocycles. The molecule has 1 aliphatic heterocycles. The lowest BCUT2D eigenvalue weighted by Crippen LogP contribution is -2.58. The fourth-order valence-corrected chi connectivity index (χ4v) is 3.90. The topological polar surface area (TPSA) is 98.9 Å². The van der Waals surface area contributed by atoms with Gasteiger partial charge in [0.05, 0.1) is 0 Å². The quantitative estimate of drug-likeness (QED) is 0.624. The van der Waals surface area contributed by atoms with E-state index in [1.54, 1.807) is 16.2 Å². The zero-order valence-corrected chi connectivity index (χ0v) is 16.5. The largest absolute Gasteiger partial charge is 0.381 e. The second kappa shape index (κ2) is 9.68. The van der Waals surface area contributed by atoms with Crippen molar-refractivity contribution in [3.63, 3.8) is 0 Å². The molecule has 0 spiro atoms. The van der Waals surface area contributed by atoms with Crippen molar-refractivity contribution < 1.29 is 14.7 Å². The Morgan fingerprint density at radius 3 is 2.46 bits per heavy atom. The lowest BCUT2D eigenvalue weighted by atomic mass is 10.1. The van der Waals surface area contributed by atoms with E-state index in [9.17, 15) is 14.7 Å². The van der Waals surface area contributed by atoms with E-state index in [1.165, 1.54) is 0 Å². The van der Waals surface area contributed by atoms with E-state index in [2.05, 4.69) is 10.2 Å². The van der Waals surface area contributed by atoms with Crippen LogP contribution in [0.5, 0.6) is 0 Å². The normalized spacial score (nSPS) is 16.5. The van der Waals surface area contributed by atoms with Crippen LogP contribution in [0.2, 0.25) is 0 Å². The fourth-order valence-electron chi connectivity index (χ4n) is 3.19. The number of nitrogens with one attached hydrogen (secondary N) is 1. The number of amides is 2. The van der Waals surface area contributed by atoms with Crippen molar-refractivity contribution in [3.05, 3.63) is 52.7 Å². The van der Waals surface area contributed by atoms with Crippen molar-refractivity contribution in [2.75, 3.05) is 37.6 Å². The molecule has 1 aromatic carbocycles. The van der Waals surface area contributed by atoms with E-state index in [4.69, 9.17) is 5.73 Å². The number of aliphatic hydroxyl groups is 1. The molecule has 4 N–H and O–H groups in total. The number of carbonyl (C=O) groups is 2. The first-order valence-corrected chi connectivity index (χ1v) is 10.3. The number of nitrogens with zero attached hydrogens (tertiary/aromatic N) is 2. The maximum Gasteiger partial charge on any atom is 0.253 e. The van der Waals surface area contributed by atoms with E-state index in [0.29, 0.717) is 39.1 Å². The summed E-state index contributed by atoms with van der Waals surface area (Å²) in [6, 6.07) is 12.7. The van der Waals surface area contributed by atoms with E-state index in [-0.39, 0.29) is 0 Å². The van der Waals surface area contributed by atoms with Gasteiger partial charge in [-0.2, -0.15) is 0 Å². The summed E-state index contributed by atoms with van der Waals surface area (Å²) in [6.45, 7) is 2.73. The first kappa shape index (κ1) is 20.3. The van der Waals surface area contributed by atoms with Gasteiger partial charge < -0.3 is 26.0 Å². The van der Waals surface area contributed by atoms with Gasteiger partial charge in [-0.25, -0.2) is 0 Å². The van der Waals surface area contributed by atoms with Gasteiger partial charge in [0.1, 0.15) is 6.04 Å².